The van der Waals surface area contributed by atoms with Gasteiger partial charge in [0.1, 0.15) is 5.76 Å². The zero-order valence-electron chi connectivity index (χ0n) is 8.61. The van der Waals surface area contributed by atoms with Crippen molar-refractivity contribution in [2.75, 3.05) is 12.3 Å². The molecule has 1 aromatic heterocycles. The number of nitrogen functional groups attached to an aromatic ring is 1. The Balaban J connectivity index is 2.47. The Hall–Kier alpha value is -1.45. The molecule has 16 heavy (non-hydrogen) atoms. The van der Waals surface area contributed by atoms with Crippen LogP contribution in [-0.2, 0) is 6.42 Å². The third-order valence-electron chi connectivity index (χ3n) is 2.43. The summed E-state index contributed by atoms with van der Waals surface area (Å²) in [6.07, 6.45) is 2.09. The normalized spacial score (nSPS) is 10.6. The van der Waals surface area contributed by atoms with E-state index in [1.54, 1.807) is 12.3 Å². The third kappa shape index (κ3) is 1.92. The molecule has 2 rings (SSSR count). The van der Waals surface area contributed by atoms with Crippen LogP contribution < -0.4 is 5.73 Å². The van der Waals surface area contributed by atoms with E-state index in [9.17, 15) is 0 Å². The minimum absolute atomic E-state index is 0.0548. The van der Waals surface area contributed by atoms with E-state index in [4.69, 9.17) is 26.9 Å². The number of aliphatic hydroxyl groups is 1. The summed E-state index contributed by atoms with van der Waals surface area (Å²) in [5, 5.41) is 9.36. The zero-order valence-corrected chi connectivity index (χ0v) is 9.37. The number of anilines is 1. The number of hydrogen-bond donors (Lipinski definition) is 2. The second kappa shape index (κ2) is 4.60. The summed E-state index contributed by atoms with van der Waals surface area (Å²) >= 11 is 6.12. The third-order valence-corrected chi connectivity index (χ3v) is 2.87. The van der Waals surface area contributed by atoms with Crippen molar-refractivity contribution in [1.29, 1.82) is 0 Å². The standard InChI is InChI=1S/C12H12ClNO2/c13-11-8(5-6-15)3-4-9(12(11)14)10-2-1-7-16-10/h1-4,7,15H,5-6,14H2. The van der Waals surface area contributed by atoms with Crippen LogP contribution in [-0.4, -0.2) is 11.7 Å². The summed E-state index contributed by atoms with van der Waals surface area (Å²) in [4.78, 5) is 0. The number of benzene rings is 1. The van der Waals surface area contributed by atoms with Crippen LogP contribution in [0.3, 0.4) is 0 Å². The van der Waals surface area contributed by atoms with Gasteiger partial charge < -0.3 is 15.3 Å². The molecule has 0 saturated heterocycles. The van der Waals surface area contributed by atoms with Crippen molar-refractivity contribution < 1.29 is 9.52 Å². The van der Waals surface area contributed by atoms with Crippen molar-refractivity contribution in [3.05, 3.63) is 41.1 Å². The molecule has 1 heterocycles. The van der Waals surface area contributed by atoms with Crippen molar-refractivity contribution in [3.8, 4) is 11.3 Å². The predicted molar refractivity (Wildman–Crippen MR) is 64.4 cm³/mol. The van der Waals surface area contributed by atoms with Crippen molar-refractivity contribution in [2.24, 2.45) is 0 Å². The molecule has 0 amide bonds. The summed E-state index contributed by atoms with van der Waals surface area (Å²) < 4.78 is 5.27. The lowest BCUT2D eigenvalue weighted by molar-refractivity contribution is 0.299. The lowest BCUT2D eigenvalue weighted by Crippen LogP contribution is -1.97. The number of nitrogens with two attached hydrogens (primary N) is 1. The maximum absolute atomic E-state index is 8.87. The van der Waals surface area contributed by atoms with E-state index >= 15 is 0 Å². The molecular formula is C12H12ClNO2. The summed E-state index contributed by atoms with van der Waals surface area (Å²) in [6, 6.07) is 7.33. The highest BCUT2D eigenvalue weighted by Gasteiger charge is 2.11. The number of rotatable bonds is 3. The van der Waals surface area contributed by atoms with E-state index in [-0.39, 0.29) is 6.61 Å². The molecule has 3 N–H and O–H groups in total. The first-order valence-electron chi connectivity index (χ1n) is 4.95. The van der Waals surface area contributed by atoms with E-state index in [0.717, 1.165) is 11.1 Å². The van der Waals surface area contributed by atoms with E-state index in [2.05, 4.69) is 0 Å². The Morgan fingerprint density at radius 3 is 2.75 bits per heavy atom. The van der Waals surface area contributed by atoms with Gasteiger partial charge in [-0.05, 0) is 30.2 Å². The van der Waals surface area contributed by atoms with Gasteiger partial charge in [-0.25, -0.2) is 0 Å². The fourth-order valence-electron chi connectivity index (χ4n) is 1.60. The molecule has 0 aliphatic rings. The van der Waals surface area contributed by atoms with Gasteiger partial charge in [0.05, 0.1) is 17.0 Å². The van der Waals surface area contributed by atoms with Crippen LogP contribution in [0.15, 0.2) is 34.9 Å². The summed E-state index contributed by atoms with van der Waals surface area (Å²) in [5.41, 5.74) is 8.04. The molecule has 0 bridgehead atoms. The lowest BCUT2D eigenvalue weighted by atomic mass is 10.1. The highest BCUT2D eigenvalue weighted by Crippen LogP contribution is 2.34. The van der Waals surface area contributed by atoms with Crippen LogP contribution in [0.1, 0.15) is 5.56 Å². The molecular weight excluding hydrogens is 226 g/mol. The topological polar surface area (TPSA) is 59.4 Å². The summed E-state index contributed by atoms with van der Waals surface area (Å²) in [5.74, 6) is 0.690. The Kier molecular flexibility index (Phi) is 3.17. The Labute approximate surface area is 98.5 Å². The minimum atomic E-state index is 0.0548. The fraction of sp³-hybridized carbons (Fsp3) is 0.167. The number of hydrogen-bond acceptors (Lipinski definition) is 3. The molecule has 1 aromatic carbocycles. The Morgan fingerprint density at radius 2 is 2.12 bits per heavy atom. The van der Waals surface area contributed by atoms with Crippen molar-refractivity contribution in [1.82, 2.24) is 0 Å². The van der Waals surface area contributed by atoms with Gasteiger partial charge in [0.25, 0.3) is 0 Å². The summed E-state index contributed by atoms with van der Waals surface area (Å²) in [7, 11) is 0. The maximum atomic E-state index is 8.87. The Morgan fingerprint density at radius 1 is 1.31 bits per heavy atom. The molecule has 0 fully saturated rings. The monoisotopic (exact) mass is 237 g/mol. The molecule has 0 aliphatic heterocycles. The van der Waals surface area contributed by atoms with Gasteiger partial charge in [-0.2, -0.15) is 0 Å². The van der Waals surface area contributed by atoms with Gasteiger partial charge in [0.2, 0.25) is 0 Å². The van der Waals surface area contributed by atoms with Gasteiger partial charge >= 0.3 is 0 Å². The Bertz CT molecular complexity index is 480. The number of aliphatic hydroxyl groups excluding tert-OH is 1. The first-order valence-corrected chi connectivity index (χ1v) is 5.33. The summed E-state index contributed by atoms with van der Waals surface area (Å²) in [6.45, 7) is 0.0548. The minimum Gasteiger partial charge on any atom is -0.464 e. The van der Waals surface area contributed by atoms with Crippen molar-refractivity contribution in [3.63, 3.8) is 0 Å². The molecule has 2 aromatic rings. The lowest BCUT2D eigenvalue weighted by Gasteiger charge is -2.09. The van der Waals surface area contributed by atoms with Gasteiger partial charge in [-0.15, -0.1) is 0 Å². The SMILES string of the molecule is Nc1c(-c2ccco2)ccc(CCO)c1Cl. The fourth-order valence-corrected chi connectivity index (χ4v) is 1.86. The van der Waals surface area contributed by atoms with Crippen molar-refractivity contribution in [2.45, 2.75) is 6.42 Å². The van der Waals surface area contributed by atoms with Gasteiger partial charge in [0.15, 0.2) is 0 Å². The molecule has 84 valence electrons. The van der Waals surface area contributed by atoms with Crippen LogP contribution in [0.4, 0.5) is 5.69 Å². The highest BCUT2D eigenvalue weighted by atomic mass is 35.5. The predicted octanol–water partition coefficient (Wildman–Crippen LogP) is 2.72. The van der Waals surface area contributed by atoms with Crippen LogP contribution in [0.2, 0.25) is 5.02 Å². The maximum Gasteiger partial charge on any atom is 0.135 e. The van der Waals surface area contributed by atoms with Crippen LogP contribution in [0.25, 0.3) is 11.3 Å². The molecule has 0 saturated carbocycles. The smallest absolute Gasteiger partial charge is 0.135 e. The van der Waals surface area contributed by atoms with Crippen LogP contribution >= 0.6 is 11.6 Å². The zero-order chi connectivity index (χ0) is 11.5. The van der Waals surface area contributed by atoms with E-state index in [1.807, 2.05) is 18.2 Å². The van der Waals surface area contributed by atoms with Gasteiger partial charge in [-0.1, -0.05) is 17.7 Å². The molecule has 3 nitrogen and oxygen atoms in total. The van der Waals surface area contributed by atoms with Crippen LogP contribution in [0.5, 0.6) is 0 Å². The first kappa shape index (κ1) is 11.0. The second-order valence-corrected chi connectivity index (χ2v) is 3.83. The first-order chi connectivity index (χ1) is 7.74. The number of halogens is 1. The van der Waals surface area contributed by atoms with E-state index in [1.165, 1.54) is 0 Å². The highest BCUT2D eigenvalue weighted by molar-refractivity contribution is 6.34. The quantitative estimate of drug-likeness (QED) is 0.807. The molecule has 0 unspecified atom stereocenters. The average Bonchev–Trinajstić information content (AvgIpc) is 2.79. The van der Waals surface area contributed by atoms with E-state index in [0.29, 0.717) is 22.9 Å². The largest absolute Gasteiger partial charge is 0.464 e. The van der Waals surface area contributed by atoms with Crippen LogP contribution in [0, 0.1) is 0 Å². The number of furan rings is 1. The molecule has 4 heteroatoms. The molecule has 0 spiro atoms. The van der Waals surface area contributed by atoms with Gasteiger partial charge in [-0.3, -0.25) is 0 Å². The molecule has 0 atom stereocenters. The van der Waals surface area contributed by atoms with Crippen molar-refractivity contribution >= 4 is 17.3 Å². The average molecular weight is 238 g/mol. The second-order valence-electron chi connectivity index (χ2n) is 3.45. The van der Waals surface area contributed by atoms with E-state index < -0.39 is 0 Å². The molecule has 0 radical (unpaired) electrons. The molecule has 0 aliphatic carbocycles. The van der Waals surface area contributed by atoms with Gasteiger partial charge in [0, 0.05) is 12.2 Å².